The minimum absolute atomic E-state index is 0.102. The molecule has 0 spiro atoms. The molecule has 0 unspecified atom stereocenters. The summed E-state index contributed by atoms with van der Waals surface area (Å²) in [6, 6.07) is 0. The maximum atomic E-state index is 12.2. The zero-order chi connectivity index (χ0) is 16.4. The Balaban J connectivity index is 3.06. The molecule has 0 aromatic carbocycles. The monoisotopic (exact) mass is 318 g/mol. The molecule has 1 amide bonds. The number of nitrogens with zero attached hydrogens (tertiary/aromatic N) is 3. The number of rotatable bonds is 6. The molecule has 1 heterocycles. The normalized spacial score (nSPS) is 11.4. The van der Waals surface area contributed by atoms with Gasteiger partial charge < -0.3 is 10.0 Å². The van der Waals surface area contributed by atoms with Gasteiger partial charge >= 0.3 is 5.97 Å². The highest BCUT2D eigenvalue weighted by Gasteiger charge is 2.25. The molecule has 2 N–H and O–H groups in total. The number of carboxylic acids is 1. The highest BCUT2D eigenvalue weighted by Crippen LogP contribution is 2.19. The molecule has 9 nitrogen and oxygen atoms in total. The SMILES string of the molecule is Cc1nn(CC(=O)O)c(C)c1S(=O)(=O)NCC(=O)N(C)C. The van der Waals surface area contributed by atoms with E-state index in [1.54, 1.807) is 0 Å². The summed E-state index contributed by atoms with van der Waals surface area (Å²) >= 11 is 0. The molecule has 0 aliphatic rings. The maximum absolute atomic E-state index is 12.2. The third-order valence-electron chi connectivity index (χ3n) is 2.78. The summed E-state index contributed by atoms with van der Waals surface area (Å²) in [6.07, 6.45) is 0. The van der Waals surface area contributed by atoms with E-state index in [-0.39, 0.29) is 22.8 Å². The molecule has 0 radical (unpaired) electrons. The average Bonchev–Trinajstić information content (AvgIpc) is 2.61. The number of amides is 1. The summed E-state index contributed by atoms with van der Waals surface area (Å²) in [4.78, 5) is 23.3. The Kier molecular flexibility index (Phi) is 5.07. The van der Waals surface area contributed by atoms with Crippen LogP contribution < -0.4 is 4.72 Å². The lowest BCUT2D eigenvalue weighted by Gasteiger charge is -2.11. The number of aryl methyl sites for hydroxylation is 1. The lowest BCUT2D eigenvalue weighted by molar-refractivity contribution is -0.138. The van der Waals surface area contributed by atoms with Crippen LogP contribution >= 0.6 is 0 Å². The third-order valence-corrected chi connectivity index (χ3v) is 4.43. The predicted octanol–water partition coefficient (Wildman–Crippen LogP) is -1.05. The van der Waals surface area contributed by atoms with E-state index in [4.69, 9.17) is 5.11 Å². The van der Waals surface area contributed by atoms with Gasteiger partial charge in [-0.1, -0.05) is 0 Å². The smallest absolute Gasteiger partial charge is 0.325 e. The number of likely N-dealkylation sites (N-methyl/N-ethyl adjacent to an activating group) is 1. The minimum atomic E-state index is -3.94. The van der Waals surface area contributed by atoms with Crippen molar-refractivity contribution in [2.45, 2.75) is 25.3 Å². The van der Waals surface area contributed by atoms with Crippen LogP contribution in [0.3, 0.4) is 0 Å². The first-order valence-corrected chi connectivity index (χ1v) is 7.50. The van der Waals surface area contributed by atoms with Gasteiger partial charge in [-0.15, -0.1) is 0 Å². The van der Waals surface area contributed by atoms with E-state index < -0.39 is 28.4 Å². The predicted molar refractivity (Wildman–Crippen MR) is 73.2 cm³/mol. The molecule has 0 aliphatic carbocycles. The van der Waals surface area contributed by atoms with Crippen LogP contribution in [0, 0.1) is 13.8 Å². The molecule has 0 aliphatic heterocycles. The first-order valence-electron chi connectivity index (χ1n) is 6.02. The summed E-state index contributed by atoms with van der Waals surface area (Å²) in [5.74, 6) is -1.52. The van der Waals surface area contributed by atoms with Crippen molar-refractivity contribution in [1.82, 2.24) is 19.4 Å². The van der Waals surface area contributed by atoms with Crippen LogP contribution in [-0.2, 0) is 26.2 Å². The van der Waals surface area contributed by atoms with Gasteiger partial charge in [0.25, 0.3) is 0 Å². The molecule has 21 heavy (non-hydrogen) atoms. The van der Waals surface area contributed by atoms with Crippen LogP contribution in [0.15, 0.2) is 4.90 Å². The van der Waals surface area contributed by atoms with Crippen molar-refractivity contribution >= 4 is 21.9 Å². The van der Waals surface area contributed by atoms with E-state index in [2.05, 4.69) is 9.82 Å². The number of aromatic nitrogens is 2. The topological polar surface area (TPSA) is 122 Å². The van der Waals surface area contributed by atoms with E-state index >= 15 is 0 Å². The van der Waals surface area contributed by atoms with Crippen LogP contribution in [0.2, 0.25) is 0 Å². The molecule has 0 saturated heterocycles. The number of hydrogen-bond acceptors (Lipinski definition) is 5. The maximum Gasteiger partial charge on any atom is 0.325 e. The fraction of sp³-hybridized carbons (Fsp3) is 0.545. The van der Waals surface area contributed by atoms with Crippen molar-refractivity contribution in [3.05, 3.63) is 11.4 Å². The van der Waals surface area contributed by atoms with Crippen LogP contribution in [-0.4, -0.2) is 60.7 Å². The lowest BCUT2D eigenvalue weighted by Crippen LogP contribution is -2.36. The standard InChI is InChI=1S/C11H18N4O5S/c1-7-11(8(2)15(13-7)6-10(17)18)21(19,20)12-5-9(16)14(3)4/h12H,5-6H2,1-4H3,(H,17,18). The molecule has 0 saturated carbocycles. The highest BCUT2D eigenvalue weighted by molar-refractivity contribution is 7.89. The molecule has 1 aromatic rings. The Labute approximate surface area is 122 Å². The number of sulfonamides is 1. The Morgan fingerprint density at radius 3 is 2.38 bits per heavy atom. The largest absolute Gasteiger partial charge is 0.480 e. The molecule has 0 fully saturated rings. The highest BCUT2D eigenvalue weighted by atomic mass is 32.2. The van der Waals surface area contributed by atoms with E-state index in [0.29, 0.717) is 0 Å². The molecular weight excluding hydrogens is 300 g/mol. The number of carbonyl (C=O) groups excluding carboxylic acids is 1. The van der Waals surface area contributed by atoms with Crippen LogP contribution in [0.25, 0.3) is 0 Å². The fourth-order valence-electron chi connectivity index (χ4n) is 1.74. The van der Waals surface area contributed by atoms with E-state index in [1.165, 1.54) is 32.8 Å². The van der Waals surface area contributed by atoms with Gasteiger partial charge in [0.05, 0.1) is 17.9 Å². The van der Waals surface area contributed by atoms with Gasteiger partial charge in [0.15, 0.2) is 0 Å². The van der Waals surface area contributed by atoms with Gasteiger partial charge in [0, 0.05) is 14.1 Å². The lowest BCUT2D eigenvalue weighted by atomic mass is 10.4. The van der Waals surface area contributed by atoms with Gasteiger partial charge in [0.1, 0.15) is 11.4 Å². The van der Waals surface area contributed by atoms with Crippen molar-refractivity contribution in [3.63, 3.8) is 0 Å². The molecule has 1 aromatic heterocycles. The van der Waals surface area contributed by atoms with E-state index in [1.807, 2.05) is 0 Å². The summed E-state index contributed by atoms with van der Waals surface area (Å²) in [7, 11) is -0.915. The first-order chi connectivity index (χ1) is 9.56. The van der Waals surface area contributed by atoms with Gasteiger partial charge in [-0.25, -0.2) is 13.1 Å². The molecule has 118 valence electrons. The molecular formula is C11H18N4O5S. The Bertz CT molecular complexity index is 662. The molecule has 0 atom stereocenters. The zero-order valence-corrected chi connectivity index (χ0v) is 13.1. The molecule has 10 heteroatoms. The Morgan fingerprint density at radius 1 is 1.33 bits per heavy atom. The van der Waals surface area contributed by atoms with Gasteiger partial charge in [-0.3, -0.25) is 14.3 Å². The summed E-state index contributed by atoms with van der Waals surface area (Å²) < 4.78 is 27.7. The quantitative estimate of drug-likeness (QED) is 0.690. The van der Waals surface area contributed by atoms with Crippen LogP contribution in [0.5, 0.6) is 0 Å². The van der Waals surface area contributed by atoms with Gasteiger partial charge in [0.2, 0.25) is 15.9 Å². The van der Waals surface area contributed by atoms with Crippen molar-refractivity contribution in [3.8, 4) is 0 Å². The summed E-state index contributed by atoms with van der Waals surface area (Å²) in [5.41, 5.74) is 0.387. The fourth-order valence-corrected chi connectivity index (χ4v) is 3.12. The number of hydrogen-bond donors (Lipinski definition) is 2. The second-order valence-corrected chi connectivity index (χ2v) is 6.37. The second kappa shape index (κ2) is 6.22. The Hall–Kier alpha value is -1.94. The van der Waals surface area contributed by atoms with Crippen molar-refractivity contribution in [2.75, 3.05) is 20.6 Å². The van der Waals surface area contributed by atoms with Crippen LogP contribution in [0.1, 0.15) is 11.4 Å². The van der Waals surface area contributed by atoms with Gasteiger partial charge in [-0.05, 0) is 13.8 Å². The number of aliphatic carboxylic acids is 1. The summed E-state index contributed by atoms with van der Waals surface area (Å²) in [5, 5.41) is 12.7. The average molecular weight is 318 g/mol. The summed E-state index contributed by atoms with van der Waals surface area (Å²) in [6.45, 7) is 2.12. The Morgan fingerprint density at radius 2 is 1.90 bits per heavy atom. The van der Waals surface area contributed by atoms with Crippen molar-refractivity contribution < 1.29 is 23.1 Å². The number of carbonyl (C=O) groups is 2. The van der Waals surface area contributed by atoms with E-state index in [0.717, 1.165) is 4.68 Å². The van der Waals surface area contributed by atoms with Crippen LogP contribution in [0.4, 0.5) is 0 Å². The van der Waals surface area contributed by atoms with Crippen molar-refractivity contribution in [2.24, 2.45) is 0 Å². The van der Waals surface area contributed by atoms with E-state index in [9.17, 15) is 18.0 Å². The van der Waals surface area contributed by atoms with Crippen molar-refractivity contribution in [1.29, 1.82) is 0 Å². The first kappa shape index (κ1) is 17.1. The third kappa shape index (κ3) is 4.02. The van der Waals surface area contributed by atoms with Gasteiger partial charge in [-0.2, -0.15) is 5.10 Å². The molecule has 1 rings (SSSR count). The minimum Gasteiger partial charge on any atom is -0.480 e. The molecule has 0 bridgehead atoms. The number of carboxylic acid groups (broad SMARTS) is 1. The number of nitrogens with one attached hydrogen (secondary N) is 1. The second-order valence-electron chi connectivity index (χ2n) is 4.66. The zero-order valence-electron chi connectivity index (χ0n) is 12.2.